The average molecular weight is 472 g/mol. The number of aliphatic hydroxyl groups is 2. The topological polar surface area (TPSA) is 131 Å². The number of ether oxygens (including phenoxy) is 1. The molecule has 0 saturated heterocycles. The molecule has 4 heterocycles. The van der Waals surface area contributed by atoms with Gasteiger partial charge in [0.15, 0.2) is 17.4 Å². The lowest BCUT2D eigenvalue weighted by atomic mass is 10.3. The van der Waals surface area contributed by atoms with Crippen LogP contribution in [0.5, 0.6) is 11.6 Å². The maximum absolute atomic E-state index is 9.73. The van der Waals surface area contributed by atoms with Crippen LogP contribution >= 0.6 is 23.3 Å². The third-order valence-corrected chi connectivity index (χ3v) is 6.11. The Balaban J connectivity index is 1.60. The molecular weight excluding hydrogens is 450 g/mol. The summed E-state index contributed by atoms with van der Waals surface area (Å²) in [5, 5.41) is 26.6. The molecule has 0 aliphatic carbocycles. The normalized spacial score (nSPS) is 13.0. The molecule has 3 N–H and O–H groups in total. The Labute approximate surface area is 192 Å². The summed E-state index contributed by atoms with van der Waals surface area (Å²) < 4.78 is 11.7. The van der Waals surface area contributed by atoms with Gasteiger partial charge >= 0.3 is 0 Å². The van der Waals surface area contributed by atoms with Gasteiger partial charge in [-0.25, -0.2) is 14.6 Å². The Morgan fingerprint density at radius 2 is 2.12 bits per heavy atom. The first-order valence-electron chi connectivity index (χ1n) is 9.66. The first kappa shape index (κ1) is 22.1. The van der Waals surface area contributed by atoms with E-state index in [0.717, 1.165) is 22.1 Å². The second-order valence-corrected chi connectivity index (χ2v) is 8.87. The third kappa shape index (κ3) is 5.22. The van der Waals surface area contributed by atoms with Crippen LogP contribution in [0.25, 0.3) is 0 Å². The summed E-state index contributed by atoms with van der Waals surface area (Å²) in [5.41, 5.74) is 0.970. The van der Waals surface area contributed by atoms with Gasteiger partial charge in [-0.1, -0.05) is 6.07 Å². The Morgan fingerprint density at radius 3 is 2.84 bits per heavy atom. The van der Waals surface area contributed by atoms with Gasteiger partial charge in [-0.05, 0) is 25.1 Å². The van der Waals surface area contributed by atoms with Gasteiger partial charge in [0.1, 0.15) is 6.10 Å². The predicted molar refractivity (Wildman–Crippen MR) is 121 cm³/mol. The first-order chi connectivity index (χ1) is 15.5. The monoisotopic (exact) mass is 471 g/mol. The molecular formula is C20H21N7O3S2. The van der Waals surface area contributed by atoms with Crippen molar-refractivity contribution >= 4 is 34.2 Å². The van der Waals surface area contributed by atoms with Crippen LogP contribution in [0.4, 0.5) is 10.9 Å². The number of hydrogen-bond acceptors (Lipinski definition) is 11. The van der Waals surface area contributed by atoms with Crippen LogP contribution in [0.1, 0.15) is 29.8 Å². The fourth-order valence-electron chi connectivity index (χ4n) is 2.72. The van der Waals surface area contributed by atoms with Gasteiger partial charge in [-0.15, -0.1) is 11.8 Å². The highest BCUT2D eigenvalue weighted by Crippen LogP contribution is 2.38. The van der Waals surface area contributed by atoms with Gasteiger partial charge in [0.25, 0.3) is 0 Å². The molecule has 2 atom stereocenters. The highest BCUT2D eigenvalue weighted by atomic mass is 32.2. The molecule has 4 aromatic heterocycles. The Hall–Kier alpha value is -3.06. The Morgan fingerprint density at radius 1 is 1.25 bits per heavy atom. The van der Waals surface area contributed by atoms with Crippen molar-refractivity contribution in [3.05, 3.63) is 60.4 Å². The quantitative estimate of drug-likeness (QED) is 0.312. The van der Waals surface area contributed by atoms with E-state index in [1.165, 1.54) is 0 Å². The van der Waals surface area contributed by atoms with Crippen LogP contribution in [-0.4, -0.2) is 45.9 Å². The number of hydrogen-bond donors (Lipinski definition) is 3. The van der Waals surface area contributed by atoms with Gasteiger partial charge in [0.2, 0.25) is 11.0 Å². The molecule has 0 aliphatic rings. The van der Waals surface area contributed by atoms with E-state index in [1.54, 1.807) is 48.1 Å². The molecule has 10 nitrogen and oxygen atoms in total. The largest absolute Gasteiger partial charge is 0.435 e. The summed E-state index contributed by atoms with van der Waals surface area (Å²) in [5.74, 6) is 1.60. The van der Waals surface area contributed by atoms with Crippen LogP contribution in [-0.2, 0) is 7.05 Å². The molecule has 4 rings (SSSR count). The number of thioether (sulfide) groups is 1. The van der Waals surface area contributed by atoms with Crippen LogP contribution in [0.3, 0.4) is 0 Å². The minimum atomic E-state index is -1.13. The number of nitrogens with zero attached hydrogens (tertiary/aromatic N) is 6. The van der Waals surface area contributed by atoms with Gasteiger partial charge in [-0.2, -0.15) is 9.47 Å². The van der Waals surface area contributed by atoms with Crippen LogP contribution in [0, 0.1) is 0 Å². The molecule has 2 unspecified atom stereocenters. The molecule has 0 aromatic carbocycles. The second kappa shape index (κ2) is 10.0. The molecule has 32 heavy (non-hydrogen) atoms. The van der Waals surface area contributed by atoms with E-state index >= 15 is 0 Å². The lowest BCUT2D eigenvalue weighted by molar-refractivity contribution is 0.0897. The highest BCUT2D eigenvalue weighted by molar-refractivity contribution is 7.99. The number of aryl methyl sites for hydroxylation is 1. The predicted octanol–water partition coefficient (Wildman–Crippen LogP) is 3.48. The zero-order chi connectivity index (χ0) is 22.5. The van der Waals surface area contributed by atoms with E-state index in [0.29, 0.717) is 22.6 Å². The number of pyridine rings is 2. The third-order valence-electron chi connectivity index (χ3n) is 4.37. The SMILES string of the molecule is CC(Sc1cnc(Nc2nc(C(O)CO)ns2)c(Oc2ccnn2C)c1)c1ccccn1. The van der Waals surface area contributed by atoms with Crippen molar-refractivity contribution < 1.29 is 14.9 Å². The van der Waals surface area contributed by atoms with Gasteiger partial charge in [0.05, 0.1) is 18.5 Å². The van der Waals surface area contributed by atoms with E-state index in [4.69, 9.17) is 9.84 Å². The number of aromatic nitrogens is 6. The van der Waals surface area contributed by atoms with Crippen molar-refractivity contribution in [1.29, 1.82) is 0 Å². The zero-order valence-electron chi connectivity index (χ0n) is 17.3. The minimum absolute atomic E-state index is 0.118. The van der Waals surface area contributed by atoms with E-state index in [-0.39, 0.29) is 11.1 Å². The van der Waals surface area contributed by atoms with Crippen molar-refractivity contribution in [2.45, 2.75) is 23.2 Å². The van der Waals surface area contributed by atoms with Crippen molar-refractivity contribution in [2.24, 2.45) is 7.05 Å². The van der Waals surface area contributed by atoms with E-state index in [1.807, 2.05) is 24.3 Å². The van der Waals surface area contributed by atoms with Crippen molar-refractivity contribution in [2.75, 3.05) is 11.9 Å². The average Bonchev–Trinajstić information content (AvgIpc) is 3.44. The molecule has 0 spiro atoms. The lowest BCUT2D eigenvalue weighted by Crippen LogP contribution is -2.05. The van der Waals surface area contributed by atoms with Crippen molar-refractivity contribution in [1.82, 2.24) is 29.1 Å². The van der Waals surface area contributed by atoms with E-state index < -0.39 is 12.7 Å². The van der Waals surface area contributed by atoms with Gasteiger partial charge in [0, 0.05) is 47.2 Å². The van der Waals surface area contributed by atoms with E-state index in [9.17, 15) is 5.11 Å². The molecule has 0 amide bonds. The molecule has 0 radical (unpaired) electrons. The maximum Gasteiger partial charge on any atom is 0.217 e. The lowest BCUT2D eigenvalue weighted by Gasteiger charge is -2.14. The molecule has 4 aromatic rings. The van der Waals surface area contributed by atoms with Crippen molar-refractivity contribution in [3.8, 4) is 11.6 Å². The molecule has 166 valence electrons. The molecule has 0 bridgehead atoms. The highest BCUT2D eigenvalue weighted by Gasteiger charge is 2.17. The summed E-state index contributed by atoms with van der Waals surface area (Å²) in [4.78, 5) is 14.0. The summed E-state index contributed by atoms with van der Waals surface area (Å²) >= 11 is 2.66. The zero-order valence-corrected chi connectivity index (χ0v) is 18.9. The summed E-state index contributed by atoms with van der Waals surface area (Å²) in [6, 6.07) is 9.48. The van der Waals surface area contributed by atoms with Gasteiger partial charge < -0.3 is 20.3 Å². The molecule has 0 aliphatic heterocycles. The molecule has 12 heteroatoms. The Bertz CT molecular complexity index is 1170. The first-order valence-corrected chi connectivity index (χ1v) is 11.3. The number of anilines is 2. The number of rotatable bonds is 9. The smallest absolute Gasteiger partial charge is 0.217 e. The number of aliphatic hydroxyl groups excluding tert-OH is 2. The van der Waals surface area contributed by atoms with E-state index in [2.05, 4.69) is 36.7 Å². The fourth-order valence-corrected chi connectivity index (χ4v) is 4.30. The Kier molecular flexibility index (Phi) is 6.95. The minimum Gasteiger partial charge on any atom is -0.435 e. The van der Waals surface area contributed by atoms with Crippen LogP contribution < -0.4 is 10.1 Å². The summed E-state index contributed by atoms with van der Waals surface area (Å²) in [6.45, 7) is 1.62. The standard InChI is InChI=1S/C20H21N7O3S2/c1-12(14-5-3-4-7-21-14)31-13-9-16(30-17-6-8-23-27(17)2)19(22-10-13)25-20-24-18(26-32-20)15(29)11-28/h3-10,12,15,28-29H,11H2,1-2H3,(H,22,24,25,26). The summed E-state index contributed by atoms with van der Waals surface area (Å²) in [6.07, 6.45) is 4.03. The summed E-state index contributed by atoms with van der Waals surface area (Å²) in [7, 11) is 1.78. The van der Waals surface area contributed by atoms with Crippen molar-refractivity contribution in [3.63, 3.8) is 0 Å². The van der Waals surface area contributed by atoms with Gasteiger partial charge in [-0.3, -0.25) is 4.98 Å². The molecule has 0 fully saturated rings. The molecule has 0 saturated carbocycles. The fraction of sp³-hybridized carbons (Fsp3) is 0.250. The number of nitrogens with one attached hydrogen (secondary N) is 1. The van der Waals surface area contributed by atoms with Crippen LogP contribution in [0.2, 0.25) is 0 Å². The van der Waals surface area contributed by atoms with Crippen LogP contribution in [0.15, 0.2) is 53.8 Å². The maximum atomic E-state index is 9.73. The second-order valence-electron chi connectivity index (χ2n) is 6.71.